The second-order valence-electron chi connectivity index (χ2n) is 3.22. The summed E-state index contributed by atoms with van der Waals surface area (Å²) in [6.45, 7) is 0. The van der Waals surface area contributed by atoms with E-state index < -0.39 is 11.7 Å². The lowest BCUT2D eigenvalue weighted by atomic mass is 10.0. The van der Waals surface area contributed by atoms with Crippen molar-refractivity contribution in [3.8, 4) is 0 Å². The summed E-state index contributed by atoms with van der Waals surface area (Å²) in [5.74, 6) is -1.57. The molecule has 0 saturated heterocycles. The smallest absolute Gasteiger partial charge is 0.289 e. The van der Waals surface area contributed by atoms with Crippen molar-refractivity contribution in [2.45, 2.75) is 0 Å². The van der Waals surface area contributed by atoms with Crippen LogP contribution < -0.4 is 5.73 Å². The summed E-state index contributed by atoms with van der Waals surface area (Å²) < 4.78 is 0. The van der Waals surface area contributed by atoms with Crippen LogP contribution in [-0.2, 0) is 4.79 Å². The molecule has 0 aromatic heterocycles. The maximum Gasteiger partial charge on any atom is 0.289 e. The van der Waals surface area contributed by atoms with Crippen molar-refractivity contribution in [1.29, 1.82) is 0 Å². The number of carbonyl (C=O) groups excluding carboxylic acids is 2. The molecule has 0 bridgehead atoms. The van der Waals surface area contributed by atoms with Crippen LogP contribution in [0, 0.1) is 0 Å². The normalized spacial score (nSPS) is 10.1. The molecule has 0 unspecified atom stereocenters. The lowest BCUT2D eigenvalue weighted by Gasteiger charge is -2.02. The number of primary amides is 1. The van der Waals surface area contributed by atoms with Crippen LogP contribution in [0.1, 0.15) is 10.4 Å². The third-order valence-electron chi connectivity index (χ3n) is 2.26. The molecule has 3 nitrogen and oxygen atoms in total. The van der Waals surface area contributed by atoms with Crippen molar-refractivity contribution >= 4 is 22.5 Å². The predicted molar refractivity (Wildman–Crippen MR) is 57.5 cm³/mol. The highest BCUT2D eigenvalue weighted by Crippen LogP contribution is 2.18. The Morgan fingerprint density at radius 1 is 0.933 bits per heavy atom. The third kappa shape index (κ3) is 1.59. The molecule has 0 radical (unpaired) electrons. The number of Topliss-reactive ketones (excluding diaryl/α,β-unsaturated/α-hetero) is 1. The Morgan fingerprint density at radius 3 is 2.33 bits per heavy atom. The molecule has 3 heteroatoms. The van der Waals surface area contributed by atoms with Gasteiger partial charge in [-0.05, 0) is 10.8 Å². The van der Waals surface area contributed by atoms with Crippen LogP contribution in [0.3, 0.4) is 0 Å². The lowest BCUT2D eigenvalue weighted by Crippen LogP contribution is -2.23. The largest absolute Gasteiger partial charge is 0.363 e. The van der Waals surface area contributed by atoms with Crippen LogP contribution in [-0.4, -0.2) is 11.7 Å². The average Bonchev–Trinajstić information content (AvgIpc) is 2.27. The molecule has 2 N–H and O–H groups in total. The van der Waals surface area contributed by atoms with Gasteiger partial charge < -0.3 is 5.73 Å². The first kappa shape index (κ1) is 9.40. The van der Waals surface area contributed by atoms with E-state index in [0.717, 1.165) is 10.8 Å². The van der Waals surface area contributed by atoms with E-state index in [1.807, 2.05) is 24.3 Å². The van der Waals surface area contributed by atoms with E-state index in [0.29, 0.717) is 5.56 Å². The first-order chi connectivity index (χ1) is 7.20. The Morgan fingerprint density at radius 2 is 1.60 bits per heavy atom. The molecule has 0 aliphatic carbocycles. The molecule has 0 spiro atoms. The molecule has 2 aromatic carbocycles. The fourth-order valence-electron chi connectivity index (χ4n) is 1.56. The van der Waals surface area contributed by atoms with E-state index >= 15 is 0 Å². The molecular formula is C12H9NO2. The highest BCUT2D eigenvalue weighted by Gasteiger charge is 2.14. The summed E-state index contributed by atoms with van der Waals surface area (Å²) in [5.41, 5.74) is 5.33. The second-order valence-corrected chi connectivity index (χ2v) is 3.22. The van der Waals surface area contributed by atoms with E-state index in [1.54, 1.807) is 18.2 Å². The van der Waals surface area contributed by atoms with Crippen molar-refractivity contribution in [1.82, 2.24) is 0 Å². The summed E-state index contributed by atoms with van der Waals surface area (Å²) in [6.07, 6.45) is 0. The van der Waals surface area contributed by atoms with Crippen molar-refractivity contribution in [3.63, 3.8) is 0 Å². The van der Waals surface area contributed by atoms with Gasteiger partial charge in [0.2, 0.25) is 0 Å². The number of fused-ring (bicyclic) bond motifs is 1. The van der Waals surface area contributed by atoms with Crippen molar-refractivity contribution in [2.75, 3.05) is 0 Å². The molecule has 0 saturated carbocycles. The molecule has 2 aromatic rings. The molecule has 0 fully saturated rings. The van der Waals surface area contributed by atoms with Gasteiger partial charge in [-0.1, -0.05) is 42.5 Å². The van der Waals surface area contributed by atoms with Gasteiger partial charge in [0.05, 0.1) is 0 Å². The summed E-state index contributed by atoms with van der Waals surface area (Å²) in [5, 5.41) is 1.67. The summed E-state index contributed by atoms with van der Waals surface area (Å²) >= 11 is 0. The van der Waals surface area contributed by atoms with Gasteiger partial charge >= 0.3 is 0 Å². The minimum absolute atomic E-state index is 0.362. The minimum Gasteiger partial charge on any atom is -0.363 e. The van der Waals surface area contributed by atoms with Gasteiger partial charge in [-0.3, -0.25) is 9.59 Å². The Kier molecular flexibility index (Phi) is 2.21. The fourth-order valence-corrected chi connectivity index (χ4v) is 1.56. The summed E-state index contributed by atoms with van der Waals surface area (Å²) in [7, 11) is 0. The molecule has 15 heavy (non-hydrogen) atoms. The van der Waals surface area contributed by atoms with Gasteiger partial charge in [0.15, 0.2) is 0 Å². The first-order valence-corrected chi connectivity index (χ1v) is 4.52. The van der Waals surface area contributed by atoms with Gasteiger partial charge in [-0.25, -0.2) is 0 Å². The standard InChI is InChI=1S/C12H9NO2/c13-12(15)11(14)10-7-3-5-8-4-1-2-6-9(8)10/h1-7H,(H2,13,15). The van der Waals surface area contributed by atoms with Crippen molar-refractivity contribution in [2.24, 2.45) is 5.73 Å². The van der Waals surface area contributed by atoms with E-state index in [4.69, 9.17) is 5.73 Å². The van der Waals surface area contributed by atoms with Gasteiger partial charge in [0.25, 0.3) is 11.7 Å². The van der Waals surface area contributed by atoms with Crippen LogP contribution >= 0.6 is 0 Å². The Hall–Kier alpha value is -2.16. The maximum atomic E-state index is 11.5. The fraction of sp³-hybridized carbons (Fsp3) is 0. The first-order valence-electron chi connectivity index (χ1n) is 4.52. The van der Waals surface area contributed by atoms with E-state index in [9.17, 15) is 9.59 Å². The van der Waals surface area contributed by atoms with Crippen LogP contribution in [0.4, 0.5) is 0 Å². The maximum absolute atomic E-state index is 11.5. The van der Waals surface area contributed by atoms with Crippen molar-refractivity contribution in [3.05, 3.63) is 48.0 Å². The molecule has 74 valence electrons. The summed E-state index contributed by atoms with van der Waals surface area (Å²) in [6, 6.07) is 12.6. The Balaban J connectivity index is 2.71. The highest BCUT2D eigenvalue weighted by molar-refractivity contribution is 6.44. The molecular weight excluding hydrogens is 190 g/mol. The quantitative estimate of drug-likeness (QED) is 0.588. The zero-order valence-electron chi connectivity index (χ0n) is 7.94. The number of ketones is 1. The van der Waals surface area contributed by atoms with E-state index in [-0.39, 0.29) is 0 Å². The number of benzene rings is 2. The molecule has 0 aliphatic heterocycles. The summed E-state index contributed by atoms with van der Waals surface area (Å²) in [4.78, 5) is 22.3. The number of amides is 1. The topological polar surface area (TPSA) is 60.2 Å². The van der Waals surface area contributed by atoms with Crippen LogP contribution in [0.25, 0.3) is 10.8 Å². The van der Waals surface area contributed by atoms with Gasteiger partial charge in [0.1, 0.15) is 0 Å². The van der Waals surface area contributed by atoms with Gasteiger partial charge in [0, 0.05) is 5.56 Å². The van der Waals surface area contributed by atoms with E-state index in [2.05, 4.69) is 0 Å². The number of hydrogen-bond donors (Lipinski definition) is 1. The lowest BCUT2D eigenvalue weighted by molar-refractivity contribution is -0.114. The van der Waals surface area contributed by atoms with Crippen LogP contribution in [0.2, 0.25) is 0 Å². The number of nitrogens with two attached hydrogens (primary N) is 1. The monoisotopic (exact) mass is 199 g/mol. The van der Waals surface area contributed by atoms with Gasteiger partial charge in [-0.2, -0.15) is 0 Å². The third-order valence-corrected chi connectivity index (χ3v) is 2.26. The number of hydrogen-bond acceptors (Lipinski definition) is 2. The van der Waals surface area contributed by atoms with Crippen LogP contribution in [0.5, 0.6) is 0 Å². The molecule has 2 rings (SSSR count). The molecule has 1 amide bonds. The Labute approximate surface area is 86.5 Å². The minimum atomic E-state index is -0.925. The van der Waals surface area contributed by atoms with Gasteiger partial charge in [-0.15, -0.1) is 0 Å². The zero-order valence-corrected chi connectivity index (χ0v) is 7.94. The van der Waals surface area contributed by atoms with Crippen LogP contribution in [0.15, 0.2) is 42.5 Å². The Bertz CT molecular complexity index is 541. The number of rotatable bonds is 2. The van der Waals surface area contributed by atoms with Crippen molar-refractivity contribution < 1.29 is 9.59 Å². The number of carbonyl (C=O) groups is 2. The average molecular weight is 199 g/mol. The SMILES string of the molecule is NC(=O)C(=O)c1cccc2ccccc12. The molecule has 0 aliphatic rings. The zero-order chi connectivity index (χ0) is 10.8. The highest BCUT2D eigenvalue weighted by atomic mass is 16.2. The van der Waals surface area contributed by atoms with E-state index in [1.165, 1.54) is 0 Å². The predicted octanol–water partition coefficient (Wildman–Crippen LogP) is 1.51. The molecule has 0 atom stereocenters. The molecule has 0 heterocycles. The second kappa shape index (κ2) is 3.53.